The van der Waals surface area contributed by atoms with Gasteiger partial charge in [0.2, 0.25) is 5.79 Å². The van der Waals surface area contributed by atoms with Crippen molar-refractivity contribution in [1.29, 1.82) is 0 Å². The molecule has 5 heteroatoms. The topological polar surface area (TPSA) is 30.5 Å². The first-order chi connectivity index (χ1) is 12.1. The highest BCUT2D eigenvalue weighted by Gasteiger charge is 2.44. The first-order valence-corrected chi connectivity index (χ1v) is 9.06. The molecule has 1 saturated heterocycles. The van der Waals surface area contributed by atoms with Crippen LogP contribution in [0.15, 0.2) is 42.5 Å². The van der Waals surface area contributed by atoms with Gasteiger partial charge in [-0.2, -0.15) is 0 Å². The van der Waals surface area contributed by atoms with Crippen LogP contribution in [0.25, 0.3) is 0 Å². The molecule has 0 aromatic heterocycles. The minimum Gasteiger partial charge on any atom is -0.458 e. The third-order valence-electron chi connectivity index (χ3n) is 5.11. The number of piperidine rings is 1. The van der Waals surface area contributed by atoms with Crippen LogP contribution < -0.4 is 10.1 Å². The molecule has 0 aliphatic carbocycles. The summed E-state index contributed by atoms with van der Waals surface area (Å²) >= 11 is 5.90. The Kier molecular flexibility index (Phi) is 4.44. The van der Waals surface area contributed by atoms with Gasteiger partial charge in [0.15, 0.2) is 0 Å². The molecule has 2 aromatic rings. The fourth-order valence-corrected chi connectivity index (χ4v) is 3.98. The van der Waals surface area contributed by atoms with Gasteiger partial charge in [0, 0.05) is 17.5 Å². The van der Waals surface area contributed by atoms with Crippen molar-refractivity contribution in [2.24, 2.45) is 5.92 Å². The molecule has 2 aliphatic heterocycles. The summed E-state index contributed by atoms with van der Waals surface area (Å²) in [6, 6.07) is 12.5. The summed E-state index contributed by atoms with van der Waals surface area (Å²) in [4.78, 5) is 0. The normalized spacial score (nSPS) is 26.8. The molecule has 132 valence electrons. The number of benzene rings is 2. The zero-order valence-electron chi connectivity index (χ0n) is 14.1. The largest absolute Gasteiger partial charge is 0.458 e. The zero-order chi connectivity index (χ0) is 17.4. The van der Waals surface area contributed by atoms with E-state index in [1.54, 1.807) is 19.1 Å². The van der Waals surface area contributed by atoms with Crippen molar-refractivity contribution in [3.8, 4) is 5.75 Å². The Hall–Kier alpha value is -1.62. The summed E-state index contributed by atoms with van der Waals surface area (Å²) < 4.78 is 27.1. The molecule has 0 bridgehead atoms. The third kappa shape index (κ3) is 3.14. The lowest BCUT2D eigenvalue weighted by molar-refractivity contribution is -0.242. The van der Waals surface area contributed by atoms with Crippen LogP contribution in [0, 0.1) is 11.7 Å². The summed E-state index contributed by atoms with van der Waals surface area (Å²) in [5.41, 5.74) is 1.41. The molecule has 25 heavy (non-hydrogen) atoms. The second-order valence-electron chi connectivity index (χ2n) is 6.84. The average Bonchev–Trinajstić information content (AvgIpc) is 2.61. The molecule has 2 aliphatic rings. The molecule has 0 radical (unpaired) electrons. The van der Waals surface area contributed by atoms with E-state index in [2.05, 4.69) is 5.32 Å². The van der Waals surface area contributed by atoms with Gasteiger partial charge in [0.05, 0.1) is 11.7 Å². The van der Waals surface area contributed by atoms with Crippen molar-refractivity contribution in [3.05, 3.63) is 64.4 Å². The molecule has 2 atom stereocenters. The van der Waals surface area contributed by atoms with Crippen LogP contribution in [0.4, 0.5) is 4.39 Å². The monoisotopic (exact) mass is 361 g/mol. The predicted molar refractivity (Wildman–Crippen MR) is 95.3 cm³/mol. The lowest BCUT2D eigenvalue weighted by Gasteiger charge is -2.43. The molecule has 1 fully saturated rings. The fourth-order valence-electron chi connectivity index (χ4n) is 3.82. The van der Waals surface area contributed by atoms with Crippen molar-refractivity contribution in [2.75, 3.05) is 13.1 Å². The Morgan fingerprint density at radius 1 is 1.16 bits per heavy atom. The van der Waals surface area contributed by atoms with Gasteiger partial charge in [-0.15, -0.1) is 0 Å². The van der Waals surface area contributed by atoms with Gasteiger partial charge in [-0.05, 0) is 56.1 Å². The Bertz CT molecular complexity index is 778. The maximum absolute atomic E-state index is 14.6. The summed E-state index contributed by atoms with van der Waals surface area (Å²) in [5, 5.41) is 3.74. The van der Waals surface area contributed by atoms with Crippen molar-refractivity contribution in [3.63, 3.8) is 0 Å². The van der Waals surface area contributed by atoms with Gasteiger partial charge in [-0.1, -0.05) is 29.8 Å². The minimum absolute atomic E-state index is 0.118. The van der Waals surface area contributed by atoms with Crippen LogP contribution in [0.1, 0.15) is 37.0 Å². The maximum atomic E-state index is 14.6. The van der Waals surface area contributed by atoms with Crippen LogP contribution in [0.2, 0.25) is 5.02 Å². The van der Waals surface area contributed by atoms with E-state index in [0.717, 1.165) is 37.2 Å². The molecule has 3 nitrogen and oxygen atoms in total. The predicted octanol–water partition coefficient (Wildman–Crippen LogP) is 4.80. The quantitative estimate of drug-likeness (QED) is 0.833. The van der Waals surface area contributed by atoms with E-state index in [1.807, 2.05) is 24.3 Å². The average molecular weight is 362 g/mol. The Labute approximate surface area is 152 Å². The van der Waals surface area contributed by atoms with E-state index in [1.165, 1.54) is 6.07 Å². The molecule has 0 amide bonds. The van der Waals surface area contributed by atoms with E-state index >= 15 is 0 Å². The Morgan fingerprint density at radius 3 is 2.68 bits per heavy atom. The molecule has 2 heterocycles. The Balaban J connectivity index is 1.76. The number of hydrogen-bond acceptors (Lipinski definition) is 3. The number of ether oxygens (including phenoxy) is 2. The highest BCUT2D eigenvalue weighted by molar-refractivity contribution is 6.30. The van der Waals surface area contributed by atoms with Crippen LogP contribution in [0.5, 0.6) is 5.75 Å². The molecular weight excluding hydrogens is 341 g/mol. The van der Waals surface area contributed by atoms with E-state index < -0.39 is 11.6 Å². The van der Waals surface area contributed by atoms with Gasteiger partial charge in [-0.3, -0.25) is 0 Å². The summed E-state index contributed by atoms with van der Waals surface area (Å²) in [5.74, 6) is -0.466. The van der Waals surface area contributed by atoms with E-state index in [0.29, 0.717) is 16.5 Å². The molecule has 0 saturated carbocycles. The maximum Gasteiger partial charge on any atom is 0.237 e. The molecular formula is C20H21ClFNO2. The number of fused-ring (bicyclic) bond motifs is 1. The van der Waals surface area contributed by atoms with Crippen molar-refractivity contribution < 1.29 is 13.9 Å². The Morgan fingerprint density at radius 2 is 1.92 bits per heavy atom. The highest BCUT2D eigenvalue weighted by atomic mass is 35.5. The molecule has 2 aromatic carbocycles. The van der Waals surface area contributed by atoms with Crippen LogP contribution in [-0.4, -0.2) is 13.1 Å². The molecule has 1 N–H and O–H groups in total. The highest BCUT2D eigenvalue weighted by Crippen LogP contribution is 2.48. The van der Waals surface area contributed by atoms with E-state index in [4.69, 9.17) is 21.1 Å². The van der Waals surface area contributed by atoms with E-state index in [-0.39, 0.29) is 6.10 Å². The number of halogens is 2. The minimum atomic E-state index is -1.18. The standard InChI is InChI=1S/C20H21ClFNO2/c1-20(16-7-6-14(21)12-17(16)22)24-18-5-3-2-4-15(18)19(25-20)13-8-10-23-11-9-13/h2-7,12-13,19,23H,8-11H2,1H3. The third-order valence-corrected chi connectivity index (χ3v) is 5.35. The second kappa shape index (κ2) is 6.60. The number of para-hydroxylation sites is 1. The van der Waals surface area contributed by atoms with Gasteiger partial charge in [0.25, 0.3) is 0 Å². The summed E-state index contributed by atoms with van der Waals surface area (Å²) in [6.45, 7) is 3.72. The van der Waals surface area contributed by atoms with Crippen LogP contribution in [-0.2, 0) is 10.5 Å². The number of hydrogen-bond donors (Lipinski definition) is 1. The lowest BCUT2D eigenvalue weighted by Crippen LogP contribution is -2.42. The second-order valence-corrected chi connectivity index (χ2v) is 7.27. The number of rotatable bonds is 2. The van der Waals surface area contributed by atoms with Gasteiger partial charge in [0.1, 0.15) is 11.6 Å². The first kappa shape index (κ1) is 16.8. The van der Waals surface area contributed by atoms with Crippen molar-refractivity contribution in [2.45, 2.75) is 31.7 Å². The van der Waals surface area contributed by atoms with Gasteiger partial charge in [-0.25, -0.2) is 4.39 Å². The lowest BCUT2D eigenvalue weighted by atomic mass is 9.86. The summed E-state index contributed by atoms with van der Waals surface area (Å²) in [6.07, 6.45) is 1.93. The van der Waals surface area contributed by atoms with Crippen LogP contribution in [0.3, 0.4) is 0 Å². The van der Waals surface area contributed by atoms with Crippen molar-refractivity contribution >= 4 is 11.6 Å². The fraction of sp³-hybridized carbons (Fsp3) is 0.400. The molecule has 4 rings (SSSR count). The molecule has 2 unspecified atom stereocenters. The van der Waals surface area contributed by atoms with Crippen LogP contribution >= 0.6 is 11.6 Å². The van der Waals surface area contributed by atoms with Crippen molar-refractivity contribution in [1.82, 2.24) is 5.32 Å². The zero-order valence-corrected chi connectivity index (χ0v) is 14.9. The number of nitrogens with one attached hydrogen (secondary N) is 1. The van der Waals surface area contributed by atoms with E-state index in [9.17, 15) is 4.39 Å². The first-order valence-electron chi connectivity index (χ1n) is 8.69. The van der Waals surface area contributed by atoms with Gasteiger partial charge < -0.3 is 14.8 Å². The summed E-state index contributed by atoms with van der Waals surface area (Å²) in [7, 11) is 0. The van der Waals surface area contributed by atoms with Gasteiger partial charge >= 0.3 is 0 Å². The SMILES string of the molecule is CC1(c2ccc(Cl)cc2F)Oc2ccccc2C(C2CCNCC2)O1. The molecule has 0 spiro atoms. The smallest absolute Gasteiger partial charge is 0.237 e.